The maximum Gasteiger partial charge on any atom is 0.265 e. The number of ether oxygens (including phenoxy) is 1. The number of amides is 1. The van der Waals surface area contributed by atoms with E-state index >= 15 is 0 Å². The summed E-state index contributed by atoms with van der Waals surface area (Å²) < 4.78 is 6.00. The summed E-state index contributed by atoms with van der Waals surface area (Å²) in [6.45, 7) is 3.79. The van der Waals surface area contributed by atoms with Gasteiger partial charge in [0.25, 0.3) is 5.91 Å². The molecule has 1 atom stereocenters. The minimum Gasteiger partial charge on any atom is -0.480 e. The molecule has 0 radical (unpaired) electrons. The average molecular weight is 428 g/mol. The zero-order valence-electron chi connectivity index (χ0n) is 17.7. The predicted octanol–water partition coefficient (Wildman–Crippen LogP) is 6.85. The highest BCUT2D eigenvalue weighted by Crippen LogP contribution is 2.27. The third-order valence-corrected chi connectivity index (χ3v) is 6.20. The summed E-state index contributed by atoms with van der Waals surface area (Å²) in [6, 6.07) is 30.4. The summed E-state index contributed by atoms with van der Waals surface area (Å²) >= 11 is 1.80. The molecule has 0 fully saturated rings. The number of thioether (sulfide) groups is 1. The van der Waals surface area contributed by atoms with Crippen molar-refractivity contribution in [1.29, 1.82) is 0 Å². The van der Waals surface area contributed by atoms with Crippen molar-refractivity contribution in [2.75, 3.05) is 5.32 Å². The number of rotatable bonds is 7. The summed E-state index contributed by atoms with van der Waals surface area (Å²) in [5.41, 5.74) is 3.08. The third kappa shape index (κ3) is 5.28. The lowest BCUT2D eigenvalue weighted by atomic mass is 10.1. The number of aryl methyl sites for hydroxylation is 1. The number of carbonyl (C=O) groups excluding carboxylic acids is 1. The van der Waals surface area contributed by atoms with Gasteiger partial charge in [0, 0.05) is 21.7 Å². The van der Waals surface area contributed by atoms with Crippen molar-refractivity contribution in [3.63, 3.8) is 0 Å². The van der Waals surface area contributed by atoms with Gasteiger partial charge in [-0.1, -0.05) is 66.7 Å². The Hall–Kier alpha value is -3.24. The zero-order valence-corrected chi connectivity index (χ0v) is 18.5. The van der Waals surface area contributed by atoms with E-state index in [1.807, 2.05) is 73.7 Å². The van der Waals surface area contributed by atoms with E-state index in [1.165, 1.54) is 10.5 Å². The topological polar surface area (TPSA) is 38.3 Å². The lowest BCUT2D eigenvalue weighted by Gasteiger charge is -2.17. The van der Waals surface area contributed by atoms with Crippen molar-refractivity contribution in [1.82, 2.24) is 0 Å². The molecule has 3 nitrogen and oxygen atoms in total. The van der Waals surface area contributed by atoms with Crippen LogP contribution in [0.2, 0.25) is 0 Å². The molecule has 0 saturated carbocycles. The van der Waals surface area contributed by atoms with Gasteiger partial charge in [-0.25, -0.2) is 0 Å². The first kappa shape index (κ1) is 21.0. The molecule has 4 heteroatoms. The van der Waals surface area contributed by atoms with Crippen LogP contribution in [0.3, 0.4) is 0 Å². The highest BCUT2D eigenvalue weighted by molar-refractivity contribution is 7.98. The van der Waals surface area contributed by atoms with E-state index in [-0.39, 0.29) is 5.91 Å². The molecule has 0 bridgehead atoms. The molecule has 0 aliphatic heterocycles. The summed E-state index contributed by atoms with van der Waals surface area (Å²) in [5.74, 6) is 1.44. The maximum absolute atomic E-state index is 12.8. The Labute approximate surface area is 187 Å². The van der Waals surface area contributed by atoms with E-state index in [4.69, 9.17) is 4.74 Å². The monoisotopic (exact) mass is 427 g/mol. The molecule has 0 spiro atoms. The molecule has 0 aliphatic carbocycles. The summed E-state index contributed by atoms with van der Waals surface area (Å²) in [6.07, 6.45) is -0.612. The summed E-state index contributed by atoms with van der Waals surface area (Å²) in [4.78, 5) is 14.0. The number of fused-ring (bicyclic) bond motifs is 1. The number of hydrogen-bond acceptors (Lipinski definition) is 3. The minimum atomic E-state index is -0.612. The quantitative estimate of drug-likeness (QED) is 0.328. The average Bonchev–Trinajstić information content (AvgIpc) is 2.80. The number of hydrogen-bond donors (Lipinski definition) is 1. The molecule has 4 aromatic carbocycles. The van der Waals surface area contributed by atoms with E-state index < -0.39 is 6.10 Å². The largest absolute Gasteiger partial charge is 0.480 e. The normalized spacial score (nSPS) is 11.8. The Morgan fingerprint density at radius 2 is 1.68 bits per heavy atom. The van der Waals surface area contributed by atoms with Gasteiger partial charge in [-0.05, 0) is 54.6 Å². The van der Waals surface area contributed by atoms with Crippen molar-refractivity contribution in [3.8, 4) is 5.75 Å². The van der Waals surface area contributed by atoms with Crippen LogP contribution in [0.25, 0.3) is 10.8 Å². The van der Waals surface area contributed by atoms with E-state index in [2.05, 4.69) is 29.6 Å². The molecule has 156 valence electrons. The number of benzene rings is 4. The van der Waals surface area contributed by atoms with Gasteiger partial charge in [-0.3, -0.25) is 4.79 Å². The van der Waals surface area contributed by atoms with Crippen LogP contribution in [-0.2, 0) is 10.5 Å². The highest BCUT2D eigenvalue weighted by Gasteiger charge is 2.17. The van der Waals surface area contributed by atoms with Crippen LogP contribution in [0.15, 0.2) is 95.9 Å². The fourth-order valence-corrected chi connectivity index (χ4v) is 4.28. The molecule has 0 aromatic heterocycles. The molecular weight excluding hydrogens is 402 g/mol. The fourth-order valence-electron chi connectivity index (χ4n) is 3.42. The second-order valence-electron chi connectivity index (χ2n) is 7.48. The molecule has 0 heterocycles. The van der Waals surface area contributed by atoms with Crippen LogP contribution in [0.5, 0.6) is 5.75 Å². The van der Waals surface area contributed by atoms with Crippen LogP contribution in [-0.4, -0.2) is 12.0 Å². The van der Waals surface area contributed by atoms with Gasteiger partial charge in [0.15, 0.2) is 6.10 Å². The van der Waals surface area contributed by atoms with E-state index in [0.29, 0.717) is 5.75 Å². The zero-order chi connectivity index (χ0) is 21.6. The molecule has 0 unspecified atom stereocenters. The van der Waals surface area contributed by atoms with E-state index in [9.17, 15) is 4.79 Å². The molecule has 31 heavy (non-hydrogen) atoms. The van der Waals surface area contributed by atoms with Crippen molar-refractivity contribution < 1.29 is 9.53 Å². The smallest absolute Gasteiger partial charge is 0.265 e. The molecule has 1 N–H and O–H groups in total. The fraction of sp³-hybridized carbons (Fsp3) is 0.148. The molecule has 4 rings (SSSR count). The van der Waals surface area contributed by atoms with Crippen LogP contribution in [0.1, 0.15) is 18.1 Å². The molecule has 0 aliphatic rings. The first-order valence-electron chi connectivity index (χ1n) is 10.3. The maximum atomic E-state index is 12.8. The van der Waals surface area contributed by atoms with Gasteiger partial charge in [-0.15, -0.1) is 11.8 Å². The Bertz CT molecular complexity index is 1180. The molecule has 4 aromatic rings. The first-order chi connectivity index (χ1) is 15.1. The molecule has 0 saturated heterocycles. The predicted molar refractivity (Wildman–Crippen MR) is 130 cm³/mol. The van der Waals surface area contributed by atoms with Crippen molar-refractivity contribution in [3.05, 3.63) is 102 Å². The van der Waals surface area contributed by atoms with Gasteiger partial charge < -0.3 is 10.1 Å². The number of anilines is 1. The van der Waals surface area contributed by atoms with Crippen molar-refractivity contribution in [2.24, 2.45) is 0 Å². The van der Waals surface area contributed by atoms with Crippen LogP contribution in [0, 0.1) is 6.92 Å². The van der Waals surface area contributed by atoms with Crippen LogP contribution >= 0.6 is 11.8 Å². The van der Waals surface area contributed by atoms with Gasteiger partial charge in [-0.2, -0.15) is 0 Å². The lowest BCUT2D eigenvalue weighted by molar-refractivity contribution is -0.122. The van der Waals surface area contributed by atoms with Gasteiger partial charge >= 0.3 is 0 Å². The van der Waals surface area contributed by atoms with Crippen LogP contribution < -0.4 is 10.1 Å². The minimum absolute atomic E-state index is 0.164. The van der Waals surface area contributed by atoms with Crippen molar-refractivity contribution in [2.45, 2.75) is 30.6 Å². The van der Waals surface area contributed by atoms with Gasteiger partial charge in [0.05, 0.1) is 0 Å². The number of carbonyl (C=O) groups is 1. The van der Waals surface area contributed by atoms with Gasteiger partial charge in [0.1, 0.15) is 5.75 Å². The summed E-state index contributed by atoms with van der Waals surface area (Å²) in [5, 5.41) is 5.10. The SMILES string of the molecule is Cc1cc(CSc2ccccc2)ccc1NC(=O)[C@@H](C)Oc1cccc2ccccc12. The second kappa shape index (κ2) is 9.71. The second-order valence-corrected chi connectivity index (χ2v) is 8.53. The van der Waals surface area contributed by atoms with E-state index in [0.717, 1.165) is 27.8 Å². The Morgan fingerprint density at radius 1 is 0.935 bits per heavy atom. The van der Waals surface area contributed by atoms with Gasteiger partial charge in [0.2, 0.25) is 0 Å². The van der Waals surface area contributed by atoms with E-state index in [1.54, 1.807) is 18.7 Å². The molecular formula is C27H25NO2S. The Kier molecular flexibility index (Phi) is 6.58. The third-order valence-electron chi connectivity index (χ3n) is 5.12. The van der Waals surface area contributed by atoms with Crippen molar-refractivity contribution >= 4 is 34.1 Å². The number of nitrogens with one attached hydrogen (secondary N) is 1. The Balaban J connectivity index is 1.39. The molecule has 1 amide bonds. The first-order valence-corrected chi connectivity index (χ1v) is 11.3. The standard InChI is InChI=1S/C27H25NO2S/c1-19-17-21(18-31-23-11-4-3-5-12-23)15-16-25(19)28-27(29)20(2)30-26-14-8-10-22-9-6-7-13-24(22)26/h3-17,20H,18H2,1-2H3,(H,28,29)/t20-/m1/s1. The Morgan fingerprint density at radius 3 is 2.48 bits per heavy atom. The summed E-state index contributed by atoms with van der Waals surface area (Å²) in [7, 11) is 0. The van der Waals surface area contributed by atoms with Crippen LogP contribution in [0.4, 0.5) is 5.69 Å². The lowest BCUT2D eigenvalue weighted by Crippen LogP contribution is -2.30. The highest BCUT2D eigenvalue weighted by atomic mass is 32.2.